The van der Waals surface area contributed by atoms with Crippen molar-refractivity contribution in [3.05, 3.63) is 64.7 Å². The SMILES string of the molecule is O=C(O)c1cccc(C2=NOC(COc3ccc(Cl)cc3)N2)c1. The number of rotatable bonds is 5. The number of nitrogens with zero attached hydrogens (tertiary/aromatic N) is 1. The lowest BCUT2D eigenvalue weighted by molar-refractivity contribution is 0.0355. The Morgan fingerprint density at radius 2 is 2.09 bits per heavy atom. The van der Waals surface area contributed by atoms with Gasteiger partial charge in [0.25, 0.3) is 0 Å². The summed E-state index contributed by atoms with van der Waals surface area (Å²) in [5, 5.41) is 16.6. The van der Waals surface area contributed by atoms with Crippen molar-refractivity contribution in [3.8, 4) is 5.75 Å². The molecule has 7 heteroatoms. The molecule has 0 aromatic heterocycles. The van der Waals surface area contributed by atoms with E-state index in [9.17, 15) is 4.79 Å². The van der Waals surface area contributed by atoms with E-state index in [0.717, 1.165) is 0 Å². The minimum Gasteiger partial charge on any atom is -0.488 e. The number of ether oxygens (including phenoxy) is 1. The maximum absolute atomic E-state index is 11.0. The summed E-state index contributed by atoms with van der Waals surface area (Å²) in [6.45, 7) is 0.243. The zero-order chi connectivity index (χ0) is 16.2. The summed E-state index contributed by atoms with van der Waals surface area (Å²) < 4.78 is 5.58. The van der Waals surface area contributed by atoms with Gasteiger partial charge in [0.05, 0.1) is 5.56 Å². The lowest BCUT2D eigenvalue weighted by Crippen LogP contribution is -2.34. The Labute approximate surface area is 137 Å². The van der Waals surface area contributed by atoms with E-state index in [1.807, 2.05) is 0 Å². The molecule has 3 rings (SSSR count). The van der Waals surface area contributed by atoms with Crippen molar-refractivity contribution in [3.63, 3.8) is 0 Å². The Hall–Kier alpha value is -2.73. The van der Waals surface area contributed by atoms with Crippen LogP contribution in [0.1, 0.15) is 15.9 Å². The fourth-order valence-corrected chi connectivity index (χ4v) is 2.16. The highest BCUT2D eigenvalue weighted by atomic mass is 35.5. The van der Waals surface area contributed by atoms with Gasteiger partial charge in [-0.2, -0.15) is 0 Å². The molecule has 2 aromatic carbocycles. The second kappa shape index (κ2) is 6.58. The first-order chi connectivity index (χ1) is 11.1. The molecule has 0 radical (unpaired) electrons. The topological polar surface area (TPSA) is 80.2 Å². The predicted octanol–water partition coefficient (Wildman–Crippen LogP) is 2.72. The number of nitrogens with one attached hydrogen (secondary N) is 1. The fourth-order valence-electron chi connectivity index (χ4n) is 2.03. The highest BCUT2D eigenvalue weighted by Crippen LogP contribution is 2.16. The van der Waals surface area contributed by atoms with Gasteiger partial charge >= 0.3 is 5.97 Å². The lowest BCUT2D eigenvalue weighted by Gasteiger charge is -2.12. The number of hydrogen-bond donors (Lipinski definition) is 2. The Morgan fingerprint density at radius 3 is 2.83 bits per heavy atom. The van der Waals surface area contributed by atoms with E-state index in [0.29, 0.717) is 22.2 Å². The fraction of sp³-hybridized carbons (Fsp3) is 0.125. The van der Waals surface area contributed by atoms with E-state index in [4.69, 9.17) is 26.3 Å². The quantitative estimate of drug-likeness (QED) is 0.880. The van der Waals surface area contributed by atoms with Crippen molar-refractivity contribution in [2.24, 2.45) is 5.16 Å². The maximum atomic E-state index is 11.0. The van der Waals surface area contributed by atoms with Crippen LogP contribution in [0.2, 0.25) is 5.02 Å². The van der Waals surface area contributed by atoms with Crippen molar-refractivity contribution in [1.82, 2.24) is 5.32 Å². The van der Waals surface area contributed by atoms with Crippen LogP contribution >= 0.6 is 11.6 Å². The third-order valence-electron chi connectivity index (χ3n) is 3.17. The Bertz CT molecular complexity index is 746. The molecule has 2 aromatic rings. The maximum Gasteiger partial charge on any atom is 0.335 e. The Balaban J connectivity index is 1.58. The van der Waals surface area contributed by atoms with Crippen LogP contribution < -0.4 is 10.1 Å². The van der Waals surface area contributed by atoms with Gasteiger partial charge in [-0.3, -0.25) is 0 Å². The van der Waals surface area contributed by atoms with Crippen LogP contribution in [0.4, 0.5) is 0 Å². The van der Waals surface area contributed by atoms with Crippen LogP contribution in [0.5, 0.6) is 5.75 Å². The van der Waals surface area contributed by atoms with Gasteiger partial charge in [-0.25, -0.2) is 4.79 Å². The predicted molar refractivity (Wildman–Crippen MR) is 84.9 cm³/mol. The molecule has 1 unspecified atom stereocenters. The summed E-state index contributed by atoms with van der Waals surface area (Å²) in [7, 11) is 0. The van der Waals surface area contributed by atoms with Crippen molar-refractivity contribution in [1.29, 1.82) is 0 Å². The van der Waals surface area contributed by atoms with Gasteiger partial charge < -0.3 is 20.0 Å². The van der Waals surface area contributed by atoms with Gasteiger partial charge in [-0.1, -0.05) is 28.9 Å². The molecule has 23 heavy (non-hydrogen) atoms. The number of carboxylic acids is 1. The molecule has 6 nitrogen and oxygen atoms in total. The van der Waals surface area contributed by atoms with Crippen molar-refractivity contribution in [2.75, 3.05) is 6.61 Å². The minimum absolute atomic E-state index is 0.188. The third-order valence-corrected chi connectivity index (χ3v) is 3.42. The van der Waals surface area contributed by atoms with Crippen LogP contribution in [0.25, 0.3) is 0 Å². The van der Waals surface area contributed by atoms with E-state index >= 15 is 0 Å². The largest absolute Gasteiger partial charge is 0.488 e. The number of carboxylic acid groups (broad SMARTS) is 1. The Morgan fingerprint density at radius 1 is 1.30 bits per heavy atom. The van der Waals surface area contributed by atoms with Gasteiger partial charge in [-0.15, -0.1) is 0 Å². The zero-order valence-corrected chi connectivity index (χ0v) is 12.7. The van der Waals surface area contributed by atoms with Gasteiger partial charge in [0.1, 0.15) is 12.4 Å². The monoisotopic (exact) mass is 332 g/mol. The first kappa shape index (κ1) is 15.2. The molecule has 1 aliphatic rings. The number of aromatic carboxylic acids is 1. The summed E-state index contributed by atoms with van der Waals surface area (Å²) in [6, 6.07) is 13.4. The molecule has 0 amide bonds. The summed E-state index contributed by atoms with van der Waals surface area (Å²) in [5.41, 5.74) is 0.826. The smallest absolute Gasteiger partial charge is 0.335 e. The highest BCUT2D eigenvalue weighted by Gasteiger charge is 2.22. The summed E-state index contributed by atoms with van der Waals surface area (Å²) in [5.74, 6) is 0.146. The molecule has 0 spiro atoms. The number of carbonyl (C=O) groups is 1. The normalized spacial score (nSPS) is 16.2. The Kier molecular flexibility index (Phi) is 4.34. The molecule has 1 atom stereocenters. The first-order valence-electron chi connectivity index (χ1n) is 6.84. The van der Waals surface area contributed by atoms with Gasteiger partial charge in [0, 0.05) is 10.6 Å². The van der Waals surface area contributed by atoms with Crippen LogP contribution in [0.3, 0.4) is 0 Å². The molecule has 0 bridgehead atoms. The number of hydrogen-bond acceptors (Lipinski definition) is 5. The van der Waals surface area contributed by atoms with Crippen molar-refractivity contribution in [2.45, 2.75) is 6.23 Å². The van der Waals surface area contributed by atoms with Gasteiger partial charge in [0.2, 0.25) is 6.23 Å². The lowest BCUT2D eigenvalue weighted by atomic mass is 10.1. The van der Waals surface area contributed by atoms with E-state index in [1.165, 1.54) is 12.1 Å². The second-order valence-electron chi connectivity index (χ2n) is 4.83. The van der Waals surface area contributed by atoms with Crippen LogP contribution in [-0.4, -0.2) is 29.7 Å². The minimum atomic E-state index is -0.992. The van der Waals surface area contributed by atoms with Crippen LogP contribution in [0, 0.1) is 0 Å². The summed E-state index contributed by atoms with van der Waals surface area (Å²) in [4.78, 5) is 16.2. The average Bonchev–Trinajstić information content (AvgIpc) is 3.03. The molecule has 0 saturated heterocycles. The molecule has 0 fully saturated rings. The summed E-state index contributed by atoms with van der Waals surface area (Å²) in [6.07, 6.45) is -0.450. The molecule has 118 valence electrons. The first-order valence-corrected chi connectivity index (χ1v) is 7.22. The van der Waals surface area contributed by atoms with E-state index in [2.05, 4.69) is 10.5 Å². The van der Waals surface area contributed by atoms with Gasteiger partial charge in [0.15, 0.2) is 5.84 Å². The number of benzene rings is 2. The van der Waals surface area contributed by atoms with E-state index < -0.39 is 12.2 Å². The van der Waals surface area contributed by atoms with Crippen LogP contribution in [-0.2, 0) is 4.84 Å². The summed E-state index contributed by atoms with van der Waals surface area (Å²) >= 11 is 5.81. The molecule has 1 aliphatic heterocycles. The molecule has 0 saturated carbocycles. The molecular formula is C16H13ClN2O4. The number of amidine groups is 1. The van der Waals surface area contributed by atoms with E-state index in [1.54, 1.807) is 36.4 Å². The molecular weight excluding hydrogens is 320 g/mol. The standard InChI is InChI=1S/C16H13ClN2O4/c17-12-4-6-13(7-5-12)22-9-14-18-15(19-23-14)10-2-1-3-11(8-10)16(20)21/h1-8,14H,9H2,(H,18,19)(H,20,21). The molecule has 1 heterocycles. The number of oxime groups is 1. The molecule has 0 aliphatic carbocycles. The van der Waals surface area contributed by atoms with Crippen molar-refractivity contribution >= 4 is 23.4 Å². The average molecular weight is 333 g/mol. The van der Waals surface area contributed by atoms with Gasteiger partial charge in [-0.05, 0) is 36.4 Å². The highest BCUT2D eigenvalue weighted by molar-refractivity contribution is 6.30. The number of halogens is 1. The second-order valence-corrected chi connectivity index (χ2v) is 5.27. The zero-order valence-electron chi connectivity index (χ0n) is 11.9. The van der Waals surface area contributed by atoms with E-state index in [-0.39, 0.29) is 12.2 Å². The van der Waals surface area contributed by atoms with Crippen molar-refractivity contribution < 1.29 is 19.5 Å². The third kappa shape index (κ3) is 3.73. The van der Waals surface area contributed by atoms with Crippen LogP contribution in [0.15, 0.2) is 53.7 Å². The molecule has 2 N–H and O–H groups in total.